The smallest absolute Gasteiger partial charge is 0.321 e. The van der Waals surface area contributed by atoms with E-state index in [-0.39, 0.29) is 12.0 Å². The van der Waals surface area contributed by atoms with Crippen LogP contribution in [0.2, 0.25) is 0 Å². The minimum Gasteiger partial charge on any atom is -0.480 e. The van der Waals surface area contributed by atoms with Gasteiger partial charge in [-0.2, -0.15) is 0 Å². The van der Waals surface area contributed by atoms with Gasteiger partial charge in [0, 0.05) is 43.1 Å². The van der Waals surface area contributed by atoms with Gasteiger partial charge in [-0.25, -0.2) is 0 Å². The van der Waals surface area contributed by atoms with Gasteiger partial charge in [0.1, 0.15) is 6.04 Å². The number of likely N-dealkylation sites (tertiary alicyclic amines) is 2. The van der Waals surface area contributed by atoms with Crippen molar-refractivity contribution in [1.82, 2.24) is 15.0 Å². The minimum atomic E-state index is -0.627. The second kappa shape index (κ2) is 12.1. The lowest BCUT2D eigenvalue weighted by atomic mass is 9.83. The molecule has 6 rings (SSSR count). The van der Waals surface area contributed by atoms with Crippen molar-refractivity contribution in [2.75, 3.05) is 32.7 Å². The normalized spacial score (nSPS) is 24.6. The van der Waals surface area contributed by atoms with Gasteiger partial charge in [0.05, 0.1) is 5.69 Å². The number of carboxylic acids is 1. The monoisotopic (exact) mass is 527 g/mol. The zero-order valence-corrected chi connectivity index (χ0v) is 22.8. The highest BCUT2D eigenvalue weighted by molar-refractivity contribution is 5.74. The van der Waals surface area contributed by atoms with Crippen molar-refractivity contribution >= 4 is 5.97 Å². The van der Waals surface area contributed by atoms with Gasteiger partial charge in [-0.3, -0.25) is 9.69 Å². The molecule has 3 fully saturated rings. The Morgan fingerprint density at radius 3 is 2.31 bits per heavy atom. The van der Waals surface area contributed by atoms with E-state index in [0.717, 1.165) is 75.4 Å². The molecule has 39 heavy (non-hydrogen) atoms. The van der Waals surface area contributed by atoms with Gasteiger partial charge in [-0.05, 0) is 56.2 Å². The first-order valence-electron chi connectivity index (χ1n) is 14.9. The first-order chi connectivity index (χ1) is 19.2. The molecule has 206 valence electrons. The number of rotatable bonds is 8. The Morgan fingerprint density at radius 2 is 1.62 bits per heavy atom. The Hall–Kier alpha value is -2.96. The van der Waals surface area contributed by atoms with Gasteiger partial charge in [-0.1, -0.05) is 85.1 Å². The Labute approximate surface area is 232 Å². The number of carboxylic acid groups (broad SMARTS) is 1. The number of aliphatic carboxylic acids is 1. The molecule has 1 saturated carbocycles. The third kappa shape index (κ3) is 5.97. The molecule has 2 aliphatic heterocycles. The maximum atomic E-state index is 12.5. The largest absolute Gasteiger partial charge is 0.480 e. The van der Waals surface area contributed by atoms with E-state index in [1.54, 1.807) is 0 Å². The summed E-state index contributed by atoms with van der Waals surface area (Å²) in [4.78, 5) is 17.5. The van der Waals surface area contributed by atoms with Crippen LogP contribution in [0.5, 0.6) is 0 Å². The van der Waals surface area contributed by atoms with Crippen molar-refractivity contribution in [1.29, 1.82) is 0 Å². The SMILES string of the molecule is O=C(O)[C@@H](C1CCCCC1)N1C[C@H](CN2CCC(c3cc(-c4ccccc4)on3)CC2)[C@@H](c2ccccc2)C1. The number of carbonyl (C=O) groups is 1. The summed E-state index contributed by atoms with van der Waals surface area (Å²) in [6, 6.07) is 22.7. The van der Waals surface area contributed by atoms with Gasteiger partial charge < -0.3 is 14.5 Å². The molecule has 6 heteroatoms. The summed E-state index contributed by atoms with van der Waals surface area (Å²) >= 11 is 0. The lowest BCUT2D eigenvalue weighted by molar-refractivity contribution is -0.145. The number of benzene rings is 2. The summed E-state index contributed by atoms with van der Waals surface area (Å²) in [5, 5.41) is 14.7. The molecule has 0 radical (unpaired) electrons. The highest BCUT2D eigenvalue weighted by Gasteiger charge is 2.43. The van der Waals surface area contributed by atoms with Crippen LogP contribution in [0.1, 0.15) is 68.0 Å². The number of hydrogen-bond acceptors (Lipinski definition) is 5. The highest BCUT2D eigenvalue weighted by atomic mass is 16.5. The molecule has 1 aliphatic carbocycles. The molecule has 2 saturated heterocycles. The van der Waals surface area contributed by atoms with Crippen LogP contribution < -0.4 is 0 Å². The molecule has 1 N–H and O–H groups in total. The van der Waals surface area contributed by atoms with Crippen LogP contribution in [-0.2, 0) is 4.79 Å². The van der Waals surface area contributed by atoms with E-state index in [2.05, 4.69) is 63.5 Å². The molecule has 0 amide bonds. The van der Waals surface area contributed by atoms with Crippen molar-refractivity contribution in [3.63, 3.8) is 0 Å². The van der Waals surface area contributed by atoms with E-state index in [9.17, 15) is 9.90 Å². The molecule has 6 nitrogen and oxygen atoms in total. The lowest BCUT2D eigenvalue weighted by Gasteiger charge is -2.35. The average molecular weight is 528 g/mol. The molecule has 2 aromatic carbocycles. The highest BCUT2D eigenvalue weighted by Crippen LogP contribution is 2.39. The second-order valence-electron chi connectivity index (χ2n) is 12.0. The molecule has 3 atom stereocenters. The molecule has 0 bridgehead atoms. The summed E-state index contributed by atoms with van der Waals surface area (Å²) in [6.45, 7) is 4.83. The topological polar surface area (TPSA) is 69.8 Å². The Kier molecular flexibility index (Phi) is 8.12. The van der Waals surface area contributed by atoms with Crippen molar-refractivity contribution in [2.45, 2.75) is 62.8 Å². The van der Waals surface area contributed by atoms with Crippen molar-refractivity contribution < 1.29 is 14.4 Å². The fraction of sp³-hybridized carbons (Fsp3) is 0.515. The number of hydrogen-bond donors (Lipinski definition) is 1. The van der Waals surface area contributed by atoms with Crippen molar-refractivity contribution in [3.8, 4) is 11.3 Å². The van der Waals surface area contributed by atoms with Gasteiger partial charge >= 0.3 is 5.97 Å². The van der Waals surface area contributed by atoms with Crippen LogP contribution in [0, 0.1) is 11.8 Å². The summed E-state index contributed by atoms with van der Waals surface area (Å²) in [5.74, 6) is 1.73. The van der Waals surface area contributed by atoms with E-state index in [4.69, 9.17) is 4.52 Å². The molecule has 1 aromatic heterocycles. The molecular formula is C33H41N3O3. The lowest BCUT2D eigenvalue weighted by Crippen LogP contribution is -2.46. The maximum Gasteiger partial charge on any atom is 0.321 e. The summed E-state index contributed by atoms with van der Waals surface area (Å²) in [5.41, 5.74) is 3.49. The number of piperidine rings is 1. The van der Waals surface area contributed by atoms with Gasteiger partial charge in [-0.15, -0.1) is 0 Å². The van der Waals surface area contributed by atoms with Crippen molar-refractivity contribution in [3.05, 3.63) is 78.0 Å². The summed E-state index contributed by atoms with van der Waals surface area (Å²) < 4.78 is 5.69. The average Bonchev–Trinajstić information content (AvgIpc) is 3.63. The van der Waals surface area contributed by atoms with Crippen LogP contribution in [0.25, 0.3) is 11.3 Å². The number of aromatic nitrogens is 1. The van der Waals surface area contributed by atoms with Crippen LogP contribution in [0.3, 0.4) is 0 Å². The van der Waals surface area contributed by atoms with Crippen LogP contribution >= 0.6 is 0 Å². The fourth-order valence-electron chi connectivity index (χ4n) is 7.46. The zero-order chi connectivity index (χ0) is 26.6. The first-order valence-corrected chi connectivity index (χ1v) is 14.9. The van der Waals surface area contributed by atoms with Gasteiger partial charge in [0.25, 0.3) is 0 Å². The maximum absolute atomic E-state index is 12.5. The Bertz CT molecular complexity index is 1200. The van der Waals surface area contributed by atoms with E-state index in [1.165, 1.54) is 24.8 Å². The standard InChI is InChI=1S/C33H41N3O3/c37-33(38)32(27-14-8-3-9-15-27)36-22-28(29(23-36)24-10-4-1-5-11-24)21-35-18-16-25(17-19-35)30-20-31(39-34-30)26-12-6-2-7-13-26/h1-2,4-7,10-13,20,25,27-29,32H,3,8-9,14-19,21-23H2,(H,37,38)/t28-,29+,32+/m0/s1. The van der Waals surface area contributed by atoms with Gasteiger partial charge in [0.15, 0.2) is 5.76 Å². The third-order valence-corrected chi connectivity index (χ3v) is 9.52. The summed E-state index contributed by atoms with van der Waals surface area (Å²) in [6.07, 6.45) is 7.84. The van der Waals surface area contributed by atoms with E-state index < -0.39 is 5.97 Å². The van der Waals surface area contributed by atoms with E-state index in [1.807, 2.05) is 18.2 Å². The molecule has 0 unspecified atom stereocenters. The predicted octanol–water partition coefficient (Wildman–Crippen LogP) is 6.27. The molecule has 0 spiro atoms. The second-order valence-corrected chi connectivity index (χ2v) is 12.0. The molecule has 3 aliphatic rings. The number of nitrogens with zero attached hydrogens (tertiary/aromatic N) is 3. The van der Waals surface area contributed by atoms with Crippen LogP contribution in [0.15, 0.2) is 71.3 Å². The predicted molar refractivity (Wildman–Crippen MR) is 153 cm³/mol. The van der Waals surface area contributed by atoms with Crippen LogP contribution in [0.4, 0.5) is 0 Å². The third-order valence-electron chi connectivity index (χ3n) is 9.52. The Morgan fingerprint density at radius 1 is 0.923 bits per heavy atom. The Balaban J connectivity index is 1.12. The quantitative estimate of drug-likeness (QED) is 0.372. The first kappa shape index (κ1) is 26.3. The van der Waals surface area contributed by atoms with E-state index >= 15 is 0 Å². The summed E-state index contributed by atoms with van der Waals surface area (Å²) in [7, 11) is 0. The molecule has 3 aromatic rings. The fourth-order valence-corrected chi connectivity index (χ4v) is 7.46. The van der Waals surface area contributed by atoms with Gasteiger partial charge in [0.2, 0.25) is 0 Å². The van der Waals surface area contributed by atoms with E-state index in [0.29, 0.717) is 17.8 Å². The minimum absolute atomic E-state index is 0.283. The molecule has 3 heterocycles. The molecular weight excluding hydrogens is 486 g/mol. The van der Waals surface area contributed by atoms with Crippen LogP contribution in [-0.4, -0.2) is 64.8 Å². The zero-order valence-electron chi connectivity index (χ0n) is 22.8. The van der Waals surface area contributed by atoms with Crippen molar-refractivity contribution in [2.24, 2.45) is 11.8 Å².